The summed E-state index contributed by atoms with van der Waals surface area (Å²) in [5.41, 5.74) is 0.693. The summed E-state index contributed by atoms with van der Waals surface area (Å²) in [6.45, 7) is 3.02. The van der Waals surface area contributed by atoms with Crippen LogP contribution in [0.1, 0.15) is 19.8 Å². The fourth-order valence-corrected chi connectivity index (χ4v) is 2.96. The van der Waals surface area contributed by atoms with Gasteiger partial charge in [0, 0.05) is 6.54 Å². The molecule has 0 bridgehead atoms. The number of nitrogens with zero attached hydrogens (tertiary/aromatic N) is 2. The van der Waals surface area contributed by atoms with Gasteiger partial charge >= 0.3 is 5.97 Å². The second kappa shape index (κ2) is 6.91. The first-order valence-corrected chi connectivity index (χ1v) is 7.44. The van der Waals surface area contributed by atoms with E-state index < -0.39 is 5.97 Å². The summed E-state index contributed by atoms with van der Waals surface area (Å²) in [4.78, 5) is 26.9. The number of hydrogen-bond acceptors (Lipinski definition) is 3. The molecule has 2 rings (SSSR count). The number of carboxylic acids is 1. The highest BCUT2D eigenvalue weighted by Gasteiger charge is 2.37. The molecule has 1 aliphatic heterocycles. The fraction of sp³-hybridized carbons (Fsp3) is 0.467. The number of carbonyl (C=O) groups excluding carboxylic acids is 1. The van der Waals surface area contributed by atoms with Gasteiger partial charge in [-0.15, -0.1) is 0 Å². The van der Waals surface area contributed by atoms with Crippen molar-refractivity contribution in [3.8, 4) is 0 Å². The van der Waals surface area contributed by atoms with Crippen molar-refractivity contribution in [2.24, 2.45) is 0 Å². The third kappa shape index (κ3) is 3.54. The number of benzene rings is 1. The molecular weight excluding hydrogens is 292 g/mol. The number of para-hydroxylation sites is 1. The summed E-state index contributed by atoms with van der Waals surface area (Å²) in [5.74, 6) is -0.981. The largest absolute Gasteiger partial charge is 0.480 e. The smallest absolute Gasteiger partial charge is 0.317 e. The standard InChI is InChI=1S/C15H19ClN2O3/c1-2-8-17(10-14(19)20)13-7-9-18(15(13)21)12-6-4-3-5-11(12)16/h3-6,13H,2,7-10H2,1H3,(H,19,20). The lowest BCUT2D eigenvalue weighted by molar-refractivity contribution is -0.139. The predicted molar refractivity (Wildman–Crippen MR) is 81.7 cm³/mol. The lowest BCUT2D eigenvalue weighted by Gasteiger charge is -2.26. The summed E-state index contributed by atoms with van der Waals surface area (Å²) in [6.07, 6.45) is 1.43. The van der Waals surface area contributed by atoms with Crippen molar-refractivity contribution < 1.29 is 14.7 Å². The first kappa shape index (κ1) is 15.8. The van der Waals surface area contributed by atoms with Crippen LogP contribution in [-0.2, 0) is 9.59 Å². The number of hydrogen-bond donors (Lipinski definition) is 1. The Bertz CT molecular complexity index is 535. The van der Waals surface area contributed by atoms with Crippen molar-refractivity contribution in [1.82, 2.24) is 4.90 Å². The molecule has 0 spiro atoms. The van der Waals surface area contributed by atoms with E-state index in [-0.39, 0.29) is 18.5 Å². The van der Waals surface area contributed by atoms with E-state index in [1.165, 1.54) is 0 Å². The highest BCUT2D eigenvalue weighted by Crippen LogP contribution is 2.30. The Balaban J connectivity index is 2.16. The summed E-state index contributed by atoms with van der Waals surface area (Å²) >= 11 is 6.14. The third-order valence-corrected chi connectivity index (χ3v) is 3.93. The van der Waals surface area contributed by atoms with E-state index in [1.807, 2.05) is 25.1 Å². The molecule has 6 heteroatoms. The van der Waals surface area contributed by atoms with E-state index in [9.17, 15) is 9.59 Å². The molecule has 0 aliphatic carbocycles. The maximum atomic E-state index is 12.6. The van der Waals surface area contributed by atoms with Crippen LogP contribution in [0.2, 0.25) is 5.02 Å². The van der Waals surface area contributed by atoms with Crippen LogP contribution in [0.3, 0.4) is 0 Å². The van der Waals surface area contributed by atoms with E-state index in [2.05, 4.69) is 0 Å². The molecule has 1 heterocycles. The van der Waals surface area contributed by atoms with Gasteiger partial charge in [0.05, 0.1) is 23.3 Å². The minimum absolute atomic E-state index is 0.0715. The third-order valence-electron chi connectivity index (χ3n) is 3.61. The van der Waals surface area contributed by atoms with Gasteiger partial charge in [-0.3, -0.25) is 14.5 Å². The number of rotatable bonds is 6. The van der Waals surface area contributed by atoms with Crippen molar-refractivity contribution in [2.45, 2.75) is 25.8 Å². The first-order valence-electron chi connectivity index (χ1n) is 7.06. The molecule has 5 nitrogen and oxygen atoms in total. The molecule has 1 N–H and O–H groups in total. The highest BCUT2D eigenvalue weighted by atomic mass is 35.5. The Hall–Kier alpha value is -1.59. The molecule has 1 saturated heterocycles. The molecule has 114 valence electrons. The predicted octanol–water partition coefficient (Wildman–Crippen LogP) is 2.24. The minimum atomic E-state index is -0.910. The maximum Gasteiger partial charge on any atom is 0.317 e. The van der Waals surface area contributed by atoms with Crippen LogP contribution in [0.4, 0.5) is 5.69 Å². The molecule has 1 fully saturated rings. The topological polar surface area (TPSA) is 60.9 Å². The zero-order valence-corrected chi connectivity index (χ0v) is 12.7. The molecule has 1 aromatic rings. The summed E-state index contributed by atoms with van der Waals surface area (Å²) in [5, 5.41) is 9.53. The highest BCUT2D eigenvalue weighted by molar-refractivity contribution is 6.33. The number of carbonyl (C=O) groups is 2. The van der Waals surface area contributed by atoms with Crippen molar-refractivity contribution in [3.05, 3.63) is 29.3 Å². The molecule has 1 aromatic carbocycles. The van der Waals surface area contributed by atoms with Gasteiger partial charge < -0.3 is 10.0 Å². The lowest BCUT2D eigenvalue weighted by Crippen LogP contribution is -2.44. The lowest BCUT2D eigenvalue weighted by atomic mass is 10.2. The van der Waals surface area contributed by atoms with E-state index >= 15 is 0 Å². The van der Waals surface area contributed by atoms with Gasteiger partial charge in [0.1, 0.15) is 0 Å². The van der Waals surface area contributed by atoms with Crippen molar-refractivity contribution in [3.63, 3.8) is 0 Å². The molecule has 0 aromatic heterocycles. The number of aliphatic carboxylic acids is 1. The van der Waals surface area contributed by atoms with Gasteiger partial charge in [0.2, 0.25) is 5.91 Å². The normalized spacial score (nSPS) is 18.5. The molecule has 1 amide bonds. The van der Waals surface area contributed by atoms with Crippen LogP contribution in [0.15, 0.2) is 24.3 Å². The SMILES string of the molecule is CCCN(CC(=O)O)C1CCN(c2ccccc2Cl)C1=O. The van der Waals surface area contributed by atoms with E-state index in [1.54, 1.807) is 15.9 Å². The Morgan fingerprint density at radius 3 is 2.81 bits per heavy atom. The molecule has 0 radical (unpaired) electrons. The quantitative estimate of drug-likeness (QED) is 0.875. The fourth-order valence-electron chi connectivity index (χ4n) is 2.72. The van der Waals surface area contributed by atoms with E-state index in [0.717, 1.165) is 6.42 Å². The second-order valence-electron chi connectivity index (χ2n) is 5.11. The van der Waals surface area contributed by atoms with Crippen LogP contribution >= 0.6 is 11.6 Å². The molecule has 0 saturated carbocycles. The molecule has 21 heavy (non-hydrogen) atoms. The van der Waals surface area contributed by atoms with Gasteiger partial charge in [-0.05, 0) is 31.5 Å². The van der Waals surface area contributed by atoms with Crippen molar-refractivity contribution in [1.29, 1.82) is 0 Å². The van der Waals surface area contributed by atoms with Gasteiger partial charge in [-0.2, -0.15) is 0 Å². The Labute approximate surface area is 129 Å². The summed E-state index contributed by atoms with van der Waals surface area (Å²) in [7, 11) is 0. The molecule has 1 unspecified atom stereocenters. The summed E-state index contributed by atoms with van der Waals surface area (Å²) < 4.78 is 0. The van der Waals surface area contributed by atoms with Crippen molar-refractivity contribution >= 4 is 29.2 Å². The number of amides is 1. The zero-order chi connectivity index (χ0) is 15.4. The minimum Gasteiger partial charge on any atom is -0.480 e. The van der Waals surface area contributed by atoms with Gasteiger partial charge in [-0.25, -0.2) is 0 Å². The van der Waals surface area contributed by atoms with Crippen LogP contribution in [-0.4, -0.2) is 47.6 Å². The van der Waals surface area contributed by atoms with E-state index in [0.29, 0.717) is 30.2 Å². The Kier molecular flexibility index (Phi) is 5.20. The van der Waals surface area contributed by atoms with Crippen molar-refractivity contribution in [2.75, 3.05) is 24.5 Å². The average Bonchev–Trinajstić information content (AvgIpc) is 2.80. The Morgan fingerprint density at radius 2 is 2.19 bits per heavy atom. The molecular formula is C15H19ClN2O3. The van der Waals surface area contributed by atoms with Crippen LogP contribution in [0.25, 0.3) is 0 Å². The average molecular weight is 311 g/mol. The van der Waals surface area contributed by atoms with Gasteiger partial charge in [-0.1, -0.05) is 30.7 Å². The number of halogens is 1. The second-order valence-corrected chi connectivity index (χ2v) is 5.52. The van der Waals surface area contributed by atoms with E-state index in [4.69, 9.17) is 16.7 Å². The Morgan fingerprint density at radius 1 is 1.48 bits per heavy atom. The van der Waals surface area contributed by atoms with Gasteiger partial charge in [0.15, 0.2) is 0 Å². The number of carboxylic acid groups (broad SMARTS) is 1. The maximum absolute atomic E-state index is 12.6. The monoisotopic (exact) mass is 310 g/mol. The van der Waals surface area contributed by atoms with Gasteiger partial charge in [0.25, 0.3) is 0 Å². The molecule has 1 atom stereocenters. The van der Waals surface area contributed by atoms with Crippen LogP contribution in [0.5, 0.6) is 0 Å². The van der Waals surface area contributed by atoms with Crippen LogP contribution < -0.4 is 4.90 Å². The van der Waals surface area contributed by atoms with Crippen LogP contribution in [0, 0.1) is 0 Å². The molecule has 1 aliphatic rings. The zero-order valence-electron chi connectivity index (χ0n) is 12.0. The summed E-state index contributed by atoms with van der Waals surface area (Å²) in [6, 6.07) is 6.83. The number of anilines is 1. The first-order chi connectivity index (χ1) is 10.0.